The van der Waals surface area contributed by atoms with Crippen molar-refractivity contribution in [2.24, 2.45) is 0 Å². The Morgan fingerprint density at radius 3 is 2.53 bits per heavy atom. The molecule has 0 bridgehead atoms. The second-order valence-electron chi connectivity index (χ2n) is 3.01. The van der Waals surface area contributed by atoms with Crippen LogP contribution in [0.4, 0.5) is 17.6 Å². The highest BCUT2D eigenvalue weighted by molar-refractivity contribution is 6.03. The van der Waals surface area contributed by atoms with Crippen molar-refractivity contribution in [3.8, 4) is 5.75 Å². The summed E-state index contributed by atoms with van der Waals surface area (Å²) in [6.45, 7) is -0.470. The molecule has 6 heteroatoms. The fourth-order valence-corrected chi connectivity index (χ4v) is 1.45. The zero-order chi connectivity index (χ0) is 11.2. The Bertz CT molecular complexity index is 436. The molecule has 2 rings (SSSR count). The molecule has 0 aromatic heterocycles. The van der Waals surface area contributed by atoms with Crippen LogP contribution in [0, 0.1) is 5.82 Å². The molecule has 0 unspecified atom stereocenters. The summed E-state index contributed by atoms with van der Waals surface area (Å²) in [6, 6.07) is 1.66. The minimum atomic E-state index is -4.89. The molecule has 80 valence electrons. The minimum absolute atomic E-state index is 0.214. The maximum atomic E-state index is 13.0. The topological polar surface area (TPSA) is 26.3 Å². The van der Waals surface area contributed by atoms with Gasteiger partial charge >= 0.3 is 6.18 Å². The van der Waals surface area contributed by atoms with E-state index >= 15 is 0 Å². The molecule has 0 amide bonds. The lowest BCUT2D eigenvalue weighted by atomic mass is 10.0. The SMILES string of the molecule is O=C1COc2ccc(F)c(C(F)(F)F)c21. The van der Waals surface area contributed by atoms with Gasteiger partial charge in [0.05, 0.1) is 5.56 Å². The Kier molecular flexibility index (Phi) is 1.95. The number of benzene rings is 1. The van der Waals surface area contributed by atoms with Gasteiger partial charge in [0.15, 0.2) is 6.61 Å². The maximum Gasteiger partial charge on any atom is 0.420 e. The van der Waals surface area contributed by atoms with Crippen LogP contribution in [0.3, 0.4) is 0 Å². The van der Waals surface area contributed by atoms with Gasteiger partial charge in [-0.15, -0.1) is 0 Å². The normalized spacial score (nSPS) is 15.1. The Labute approximate surface area is 81.5 Å². The van der Waals surface area contributed by atoms with Gasteiger partial charge in [0.25, 0.3) is 0 Å². The molecule has 0 radical (unpaired) electrons. The number of Topliss-reactive ketones (excluding diaryl/α,β-unsaturated/α-hetero) is 1. The molecular weight excluding hydrogens is 216 g/mol. The zero-order valence-corrected chi connectivity index (χ0v) is 7.19. The monoisotopic (exact) mass is 220 g/mol. The molecule has 0 aliphatic carbocycles. The first-order chi connectivity index (χ1) is 6.91. The summed E-state index contributed by atoms with van der Waals surface area (Å²) in [5.74, 6) is -2.52. The fourth-order valence-electron chi connectivity index (χ4n) is 1.45. The summed E-state index contributed by atoms with van der Waals surface area (Å²) in [4.78, 5) is 11.1. The summed E-state index contributed by atoms with van der Waals surface area (Å²) < 4.78 is 55.0. The molecule has 1 aliphatic rings. The molecule has 1 heterocycles. The minimum Gasteiger partial charge on any atom is -0.485 e. The van der Waals surface area contributed by atoms with Gasteiger partial charge in [0, 0.05) is 0 Å². The van der Waals surface area contributed by atoms with Gasteiger partial charge in [0.1, 0.15) is 17.1 Å². The van der Waals surface area contributed by atoms with Crippen molar-refractivity contribution in [2.75, 3.05) is 6.61 Å². The Morgan fingerprint density at radius 1 is 1.27 bits per heavy atom. The number of ketones is 1. The number of hydrogen-bond donors (Lipinski definition) is 0. The molecular formula is C9H4F4O2. The van der Waals surface area contributed by atoms with Gasteiger partial charge in [-0.3, -0.25) is 4.79 Å². The van der Waals surface area contributed by atoms with Crippen molar-refractivity contribution in [2.45, 2.75) is 6.18 Å². The number of fused-ring (bicyclic) bond motifs is 1. The molecule has 1 aromatic carbocycles. The maximum absolute atomic E-state index is 13.0. The highest BCUT2D eigenvalue weighted by Gasteiger charge is 2.42. The first-order valence-electron chi connectivity index (χ1n) is 3.97. The van der Waals surface area contributed by atoms with Crippen molar-refractivity contribution in [3.05, 3.63) is 29.1 Å². The van der Waals surface area contributed by atoms with E-state index < -0.39 is 35.5 Å². The second kappa shape index (κ2) is 2.95. The predicted molar refractivity (Wildman–Crippen MR) is 41.2 cm³/mol. The largest absolute Gasteiger partial charge is 0.485 e. The lowest BCUT2D eigenvalue weighted by molar-refractivity contribution is -0.140. The molecule has 0 spiro atoms. The van der Waals surface area contributed by atoms with Crippen LogP contribution < -0.4 is 4.74 Å². The molecule has 0 atom stereocenters. The lowest BCUT2D eigenvalue weighted by Crippen LogP contribution is -2.14. The second-order valence-corrected chi connectivity index (χ2v) is 3.01. The molecule has 15 heavy (non-hydrogen) atoms. The fraction of sp³-hybridized carbons (Fsp3) is 0.222. The van der Waals surface area contributed by atoms with Crippen LogP contribution >= 0.6 is 0 Å². The van der Waals surface area contributed by atoms with E-state index in [-0.39, 0.29) is 5.75 Å². The standard InChI is InChI=1S/C9H4F4O2/c10-4-1-2-6-7(5(14)3-15-6)8(4)9(11,12)13/h1-2H,3H2. The summed E-state index contributed by atoms with van der Waals surface area (Å²) >= 11 is 0. The van der Waals surface area contributed by atoms with Crippen LogP contribution in [0.5, 0.6) is 5.75 Å². The van der Waals surface area contributed by atoms with E-state index in [2.05, 4.69) is 4.74 Å². The Morgan fingerprint density at radius 2 is 1.93 bits per heavy atom. The van der Waals surface area contributed by atoms with Crippen LogP contribution in [0.2, 0.25) is 0 Å². The van der Waals surface area contributed by atoms with E-state index in [0.717, 1.165) is 6.07 Å². The summed E-state index contributed by atoms with van der Waals surface area (Å²) in [6.07, 6.45) is -4.89. The van der Waals surface area contributed by atoms with Crippen molar-refractivity contribution in [1.29, 1.82) is 0 Å². The summed E-state index contributed by atoms with van der Waals surface area (Å²) in [5, 5.41) is 0. The number of halogens is 4. The molecule has 0 fully saturated rings. The molecule has 2 nitrogen and oxygen atoms in total. The third-order valence-corrected chi connectivity index (χ3v) is 2.04. The van der Waals surface area contributed by atoms with Crippen molar-refractivity contribution in [3.63, 3.8) is 0 Å². The molecule has 1 aliphatic heterocycles. The smallest absolute Gasteiger partial charge is 0.420 e. The van der Waals surface area contributed by atoms with E-state index in [1.807, 2.05) is 0 Å². The number of alkyl halides is 3. The molecule has 0 saturated carbocycles. The van der Waals surface area contributed by atoms with Gasteiger partial charge in [-0.25, -0.2) is 4.39 Å². The van der Waals surface area contributed by atoms with Gasteiger partial charge in [-0.1, -0.05) is 0 Å². The van der Waals surface area contributed by atoms with Gasteiger partial charge in [-0.05, 0) is 12.1 Å². The average molecular weight is 220 g/mol. The van der Waals surface area contributed by atoms with Crippen molar-refractivity contribution < 1.29 is 27.1 Å². The first-order valence-corrected chi connectivity index (χ1v) is 3.97. The summed E-state index contributed by atoms with van der Waals surface area (Å²) in [5.41, 5.74) is -2.25. The number of hydrogen-bond acceptors (Lipinski definition) is 2. The van der Waals surface area contributed by atoms with Gasteiger partial charge < -0.3 is 4.74 Å². The highest BCUT2D eigenvalue weighted by Crippen LogP contribution is 2.40. The van der Waals surface area contributed by atoms with E-state index in [1.165, 1.54) is 0 Å². The summed E-state index contributed by atoms with van der Waals surface area (Å²) in [7, 11) is 0. The van der Waals surface area contributed by atoms with Crippen LogP contribution in [0.1, 0.15) is 15.9 Å². The quantitative estimate of drug-likeness (QED) is 0.627. The average Bonchev–Trinajstić information content (AvgIpc) is 2.46. The number of carbonyl (C=O) groups excluding carboxylic acids is 1. The van der Waals surface area contributed by atoms with E-state index in [0.29, 0.717) is 6.07 Å². The van der Waals surface area contributed by atoms with Gasteiger partial charge in [0.2, 0.25) is 5.78 Å². The Hall–Kier alpha value is -1.59. The van der Waals surface area contributed by atoms with Crippen LogP contribution in [0.15, 0.2) is 12.1 Å². The van der Waals surface area contributed by atoms with Crippen LogP contribution in [-0.2, 0) is 6.18 Å². The van der Waals surface area contributed by atoms with E-state index in [9.17, 15) is 22.4 Å². The molecule has 0 N–H and O–H groups in total. The number of carbonyl (C=O) groups is 1. The third kappa shape index (κ3) is 1.45. The van der Waals surface area contributed by atoms with Gasteiger partial charge in [-0.2, -0.15) is 13.2 Å². The zero-order valence-electron chi connectivity index (χ0n) is 7.19. The number of ether oxygens (including phenoxy) is 1. The molecule has 1 aromatic rings. The van der Waals surface area contributed by atoms with E-state index in [4.69, 9.17) is 0 Å². The Balaban J connectivity index is 2.73. The third-order valence-electron chi connectivity index (χ3n) is 2.04. The predicted octanol–water partition coefficient (Wildman–Crippen LogP) is 2.42. The van der Waals surface area contributed by atoms with Crippen LogP contribution in [0.25, 0.3) is 0 Å². The highest BCUT2D eigenvalue weighted by atomic mass is 19.4. The van der Waals surface area contributed by atoms with E-state index in [1.54, 1.807) is 0 Å². The van der Waals surface area contributed by atoms with Crippen LogP contribution in [-0.4, -0.2) is 12.4 Å². The first kappa shape index (κ1) is 9.95. The molecule has 0 saturated heterocycles. The lowest BCUT2D eigenvalue weighted by Gasteiger charge is -2.10. The van der Waals surface area contributed by atoms with Crippen molar-refractivity contribution >= 4 is 5.78 Å². The number of rotatable bonds is 0. The van der Waals surface area contributed by atoms with Crippen molar-refractivity contribution in [1.82, 2.24) is 0 Å².